The number of nitrogens with zero attached hydrogens (tertiary/aromatic N) is 3. The second kappa shape index (κ2) is 12.3. The first kappa shape index (κ1) is 23.9. The maximum atomic E-state index is 4.82. The lowest BCUT2D eigenvalue weighted by Gasteiger charge is -2.30. The van der Waals surface area contributed by atoms with Gasteiger partial charge in [0.1, 0.15) is 0 Å². The summed E-state index contributed by atoms with van der Waals surface area (Å²) in [6.07, 6.45) is 2.72. The third-order valence-electron chi connectivity index (χ3n) is 4.60. The van der Waals surface area contributed by atoms with Crippen LogP contribution in [0.4, 0.5) is 0 Å². The number of nitrogens with one attached hydrogen (secondary N) is 2. The standard InChI is InChI=1S/C18H39N5.HI/c1-8-19-18(20-11-12-23(14(2)3)15(4)5)21-13-17(22(6)7)16-9-10-16;/h14-17H,8-13H2,1-7H3,(H2,19,20,21);1H. The van der Waals surface area contributed by atoms with Gasteiger partial charge in [0.05, 0.1) is 6.54 Å². The Bertz CT molecular complexity index is 343. The van der Waals surface area contributed by atoms with Gasteiger partial charge in [-0.05, 0) is 67.5 Å². The van der Waals surface area contributed by atoms with Crippen LogP contribution < -0.4 is 10.6 Å². The molecule has 1 aliphatic carbocycles. The highest BCUT2D eigenvalue weighted by molar-refractivity contribution is 14.0. The lowest BCUT2D eigenvalue weighted by Crippen LogP contribution is -2.45. The van der Waals surface area contributed by atoms with E-state index in [9.17, 15) is 0 Å². The van der Waals surface area contributed by atoms with Gasteiger partial charge in [-0.2, -0.15) is 0 Å². The average Bonchev–Trinajstić information content (AvgIpc) is 3.26. The van der Waals surface area contributed by atoms with Crippen molar-refractivity contribution in [1.29, 1.82) is 0 Å². The minimum atomic E-state index is 0. The Kier molecular flexibility index (Phi) is 12.3. The third kappa shape index (κ3) is 8.85. The van der Waals surface area contributed by atoms with E-state index >= 15 is 0 Å². The van der Waals surface area contributed by atoms with Gasteiger partial charge in [-0.1, -0.05) is 0 Å². The van der Waals surface area contributed by atoms with Crippen LogP contribution in [-0.2, 0) is 0 Å². The summed E-state index contributed by atoms with van der Waals surface area (Å²) >= 11 is 0. The van der Waals surface area contributed by atoms with E-state index in [4.69, 9.17) is 4.99 Å². The fourth-order valence-electron chi connectivity index (χ4n) is 3.16. The van der Waals surface area contributed by atoms with E-state index in [2.05, 4.69) is 69.1 Å². The van der Waals surface area contributed by atoms with Crippen LogP contribution in [0.3, 0.4) is 0 Å². The molecule has 0 heterocycles. The first-order valence-corrected chi connectivity index (χ1v) is 9.31. The predicted molar refractivity (Wildman–Crippen MR) is 117 cm³/mol. The topological polar surface area (TPSA) is 42.9 Å². The summed E-state index contributed by atoms with van der Waals surface area (Å²) in [5, 5.41) is 6.86. The summed E-state index contributed by atoms with van der Waals surface area (Å²) in [7, 11) is 4.34. The molecule has 0 radical (unpaired) electrons. The van der Waals surface area contributed by atoms with Gasteiger partial charge in [-0.3, -0.25) is 9.89 Å². The quantitative estimate of drug-likeness (QED) is 0.303. The van der Waals surface area contributed by atoms with Gasteiger partial charge in [-0.15, -0.1) is 24.0 Å². The molecule has 2 N–H and O–H groups in total. The van der Waals surface area contributed by atoms with Crippen LogP contribution >= 0.6 is 24.0 Å². The molecule has 5 nitrogen and oxygen atoms in total. The van der Waals surface area contributed by atoms with Gasteiger partial charge >= 0.3 is 0 Å². The Morgan fingerprint density at radius 1 is 1.08 bits per heavy atom. The monoisotopic (exact) mass is 453 g/mol. The van der Waals surface area contributed by atoms with Gasteiger partial charge in [-0.25, -0.2) is 0 Å². The zero-order valence-corrected chi connectivity index (χ0v) is 19.1. The van der Waals surface area contributed by atoms with Crippen molar-refractivity contribution in [3.63, 3.8) is 0 Å². The minimum absolute atomic E-state index is 0. The molecule has 1 aliphatic rings. The van der Waals surface area contributed by atoms with Crippen LogP contribution in [0.25, 0.3) is 0 Å². The fourth-order valence-corrected chi connectivity index (χ4v) is 3.16. The van der Waals surface area contributed by atoms with Crippen LogP contribution in [0.5, 0.6) is 0 Å². The van der Waals surface area contributed by atoms with E-state index in [1.807, 2.05) is 0 Å². The number of aliphatic imine (C=N–C) groups is 1. The lowest BCUT2D eigenvalue weighted by atomic mass is 10.2. The molecule has 0 aromatic carbocycles. The zero-order valence-electron chi connectivity index (χ0n) is 16.8. The molecule has 6 heteroatoms. The molecule has 0 aromatic heterocycles. The molecular weight excluding hydrogens is 413 g/mol. The van der Waals surface area contributed by atoms with Crippen molar-refractivity contribution in [2.45, 2.75) is 65.6 Å². The van der Waals surface area contributed by atoms with Gasteiger partial charge in [0, 0.05) is 37.8 Å². The summed E-state index contributed by atoms with van der Waals surface area (Å²) < 4.78 is 0. The molecule has 1 unspecified atom stereocenters. The molecule has 0 aliphatic heterocycles. The summed E-state index contributed by atoms with van der Waals surface area (Å²) in [5.74, 6) is 1.79. The fraction of sp³-hybridized carbons (Fsp3) is 0.944. The highest BCUT2D eigenvalue weighted by Gasteiger charge is 2.32. The van der Waals surface area contributed by atoms with Crippen molar-refractivity contribution < 1.29 is 0 Å². The third-order valence-corrected chi connectivity index (χ3v) is 4.60. The maximum Gasteiger partial charge on any atom is 0.191 e. The van der Waals surface area contributed by atoms with E-state index in [1.54, 1.807) is 0 Å². The zero-order chi connectivity index (χ0) is 17.4. The Morgan fingerprint density at radius 3 is 2.08 bits per heavy atom. The smallest absolute Gasteiger partial charge is 0.191 e. The van der Waals surface area contributed by atoms with Gasteiger partial charge < -0.3 is 15.5 Å². The molecule has 1 atom stereocenters. The first-order chi connectivity index (χ1) is 10.9. The van der Waals surface area contributed by atoms with Crippen LogP contribution in [-0.4, -0.2) is 74.2 Å². The predicted octanol–water partition coefficient (Wildman–Crippen LogP) is 2.62. The molecule has 0 spiro atoms. The molecule has 0 aromatic rings. The van der Waals surface area contributed by atoms with E-state index in [0.717, 1.165) is 38.1 Å². The minimum Gasteiger partial charge on any atom is -0.357 e. The summed E-state index contributed by atoms with van der Waals surface area (Å²) in [4.78, 5) is 9.64. The normalized spacial score (nSPS) is 16.7. The number of rotatable bonds is 10. The Labute approximate surface area is 167 Å². The lowest BCUT2D eigenvalue weighted by molar-refractivity contribution is 0.178. The van der Waals surface area contributed by atoms with Gasteiger partial charge in [0.25, 0.3) is 0 Å². The van der Waals surface area contributed by atoms with Crippen LogP contribution in [0, 0.1) is 5.92 Å². The Balaban J connectivity index is 0.00000529. The molecule has 0 bridgehead atoms. The SMILES string of the molecule is CCNC(=NCC(C1CC1)N(C)C)NCCN(C(C)C)C(C)C.I. The van der Waals surface area contributed by atoms with Crippen molar-refractivity contribution >= 4 is 29.9 Å². The average molecular weight is 453 g/mol. The first-order valence-electron chi connectivity index (χ1n) is 9.31. The van der Waals surface area contributed by atoms with E-state index < -0.39 is 0 Å². The van der Waals surface area contributed by atoms with Crippen LogP contribution in [0.2, 0.25) is 0 Å². The number of likely N-dealkylation sites (N-methyl/N-ethyl adjacent to an activating group) is 1. The summed E-state index contributed by atoms with van der Waals surface area (Å²) in [6, 6.07) is 1.72. The molecule has 1 saturated carbocycles. The highest BCUT2D eigenvalue weighted by atomic mass is 127. The van der Waals surface area contributed by atoms with Crippen molar-refractivity contribution in [2.24, 2.45) is 10.9 Å². The molecule has 24 heavy (non-hydrogen) atoms. The molecule has 0 amide bonds. The molecule has 0 saturated heterocycles. The maximum absolute atomic E-state index is 4.82. The Morgan fingerprint density at radius 2 is 1.67 bits per heavy atom. The molecule has 1 rings (SSSR count). The summed E-state index contributed by atoms with van der Waals surface area (Å²) in [5.41, 5.74) is 0. The summed E-state index contributed by atoms with van der Waals surface area (Å²) in [6.45, 7) is 14.9. The van der Waals surface area contributed by atoms with Crippen molar-refractivity contribution in [3.05, 3.63) is 0 Å². The van der Waals surface area contributed by atoms with Crippen molar-refractivity contribution in [1.82, 2.24) is 20.4 Å². The molecule has 144 valence electrons. The highest BCUT2D eigenvalue weighted by Crippen LogP contribution is 2.34. The molecular formula is C18H40IN5. The second-order valence-corrected chi connectivity index (χ2v) is 7.44. The van der Waals surface area contributed by atoms with Gasteiger partial charge in [0.2, 0.25) is 0 Å². The van der Waals surface area contributed by atoms with Crippen LogP contribution in [0.15, 0.2) is 4.99 Å². The van der Waals surface area contributed by atoms with E-state index in [1.165, 1.54) is 12.8 Å². The van der Waals surface area contributed by atoms with Crippen molar-refractivity contribution in [3.8, 4) is 0 Å². The van der Waals surface area contributed by atoms with E-state index in [-0.39, 0.29) is 24.0 Å². The Hall–Kier alpha value is -0.0800. The number of hydrogen-bond donors (Lipinski definition) is 2. The number of halogens is 1. The van der Waals surface area contributed by atoms with E-state index in [0.29, 0.717) is 18.1 Å². The van der Waals surface area contributed by atoms with Crippen molar-refractivity contribution in [2.75, 3.05) is 40.3 Å². The van der Waals surface area contributed by atoms with Crippen LogP contribution in [0.1, 0.15) is 47.5 Å². The number of guanidine groups is 1. The molecule has 1 fully saturated rings. The second-order valence-electron chi connectivity index (χ2n) is 7.44. The van der Waals surface area contributed by atoms with Gasteiger partial charge in [0.15, 0.2) is 5.96 Å². The largest absolute Gasteiger partial charge is 0.357 e. The number of hydrogen-bond acceptors (Lipinski definition) is 3.